The number of pyridine rings is 2. The van der Waals surface area contributed by atoms with Crippen molar-refractivity contribution in [2.45, 2.75) is 26.9 Å². The summed E-state index contributed by atoms with van der Waals surface area (Å²) in [4.78, 5) is 10.4. The van der Waals surface area contributed by atoms with Crippen molar-refractivity contribution in [2.75, 3.05) is 0 Å². The second-order valence-electron chi connectivity index (χ2n) is 9.99. The number of aromatic nitrogens is 2. The van der Waals surface area contributed by atoms with Gasteiger partial charge in [0.25, 0.3) is 0 Å². The van der Waals surface area contributed by atoms with Crippen LogP contribution >= 0.6 is 0 Å². The van der Waals surface area contributed by atoms with Crippen molar-refractivity contribution in [3.05, 3.63) is 132 Å². The summed E-state index contributed by atoms with van der Waals surface area (Å²) >= 11 is 0. The highest BCUT2D eigenvalue weighted by molar-refractivity contribution is 5.94. The van der Waals surface area contributed by atoms with Gasteiger partial charge in [0, 0.05) is 34.6 Å². The summed E-state index contributed by atoms with van der Waals surface area (Å²) < 4.78 is 4.73. The Morgan fingerprint density at radius 3 is 0.950 bits per heavy atom. The number of para-hydroxylation sites is 4. The first-order valence-electron chi connectivity index (χ1n) is 14.0. The first-order valence-corrected chi connectivity index (χ1v) is 14.0. The lowest BCUT2D eigenvalue weighted by Gasteiger charge is -2.14. The van der Waals surface area contributed by atoms with E-state index in [-0.39, 0.29) is 0 Å². The lowest BCUT2D eigenvalue weighted by molar-refractivity contribution is 0.821. The molecule has 7 rings (SSSR count). The molecule has 40 heavy (non-hydrogen) atoms. The van der Waals surface area contributed by atoms with Crippen LogP contribution in [0, 0.1) is 0 Å². The fraction of sp³-hybridized carbons (Fsp3) is 0.111. The Labute approximate surface area is 232 Å². The number of nitrogens with zero attached hydrogens (tertiary/aromatic N) is 4. The molecule has 0 saturated carbocycles. The molecule has 194 valence electrons. The summed E-state index contributed by atoms with van der Waals surface area (Å²) in [5, 5.41) is 6.63. The number of rotatable bonds is 4. The summed E-state index contributed by atoms with van der Waals surface area (Å²) in [6.07, 6.45) is 0. The molecule has 4 nitrogen and oxygen atoms in total. The average Bonchev–Trinajstić information content (AvgIpc) is 3.02. The van der Waals surface area contributed by atoms with Crippen molar-refractivity contribution >= 4 is 55.0 Å². The van der Waals surface area contributed by atoms with E-state index in [2.05, 4.69) is 144 Å². The first kappa shape index (κ1) is 24.1. The lowest BCUT2D eigenvalue weighted by Crippen LogP contribution is -2.12. The van der Waals surface area contributed by atoms with Gasteiger partial charge in [0.05, 0.1) is 44.2 Å². The lowest BCUT2D eigenvalue weighted by atomic mass is 10.1. The smallest absolute Gasteiger partial charge is 0.0823 e. The van der Waals surface area contributed by atoms with E-state index in [9.17, 15) is 0 Å². The standard InChI is InChI=1S/C36H30N4/c1-3-39-31-17-9-5-13-27(31)35(28-14-6-10-18-32(28)39)37-25-21-23-26(24-22-25)38-36-29-15-7-11-19-33(29)40(4-2)34-20-12-8-16-30(34)36/h5-24H,3-4H2,1-2H3. The Hall–Kier alpha value is -4.96. The molecule has 0 amide bonds. The molecule has 0 aliphatic rings. The molecule has 0 spiro atoms. The van der Waals surface area contributed by atoms with Gasteiger partial charge >= 0.3 is 0 Å². The van der Waals surface area contributed by atoms with E-state index in [1.54, 1.807) is 0 Å². The first-order chi connectivity index (χ1) is 19.8. The largest absolute Gasteiger partial charge is 0.341 e. The second-order valence-corrected chi connectivity index (χ2v) is 9.99. The Kier molecular flexibility index (Phi) is 6.01. The van der Waals surface area contributed by atoms with Gasteiger partial charge in [-0.15, -0.1) is 0 Å². The zero-order valence-electron chi connectivity index (χ0n) is 22.8. The molecular weight excluding hydrogens is 488 g/mol. The third kappa shape index (κ3) is 3.92. The molecule has 0 fully saturated rings. The third-order valence-electron chi connectivity index (χ3n) is 7.76. The van der Waals surface area contributed by atoms with Crippen LogP contribution in [-0.2, 0) is 13.1 Å². The predicted molar refractivity (Wildman–Crippen MR) is 167 cm³/mol. The maximum atomic E-state index is 5.19. The molecule has 0 aliphatic carbocycles. The monoisotopic (exact) mass is 518 g/mol. The number of hydrogen-bond acceptors (Lipinski definition) is 2. The number of hydrogen-bond donors (Lipinski definition) is 0. The maximum absolute atomic E-state index is 5.19. The van der Waals surface area contributed by atoms with Crippen LogP contribution in [0.5, 0.6) is 0 Å². The average molecular weight is 519 g/mol. The second kappa shape index (κ2) is 9.97. The van der Waals surface area contributed by atoms with E-state index in [0.29, 0.717) is 0 Å². The van der Waals surface area contributed by atoms with Gasteiger partial charge in [0.1, 0.15) is 0 Å². The minimum Gasteiger partial charge on any atom is -0.341 e. The minimum atomic E-state index is 0.901. The fourth-order valence-corrected chi connectivity index (χ4v) is 5.97. The summed E-state index contributed by atoms with van der Waals surface area (Å²) in [5.41, 5.74) is 6.61. The minimum absolute atomic E-state index is 0.901. The van der Waals surface area contributed by atoms with E-state index in [4.69, 9.17) is 9.98 Å². The van der Waals surface area contributed by atoms with Crippen LogP contribution in [-0.4, -0.2) is 9.13 Å². The van der Waals surface area contributed by atoms with Crippen LogP contribution in [0.15, 0.2) is 131 Å². The quantitative estimate of drug-likeness (QED) is 0.210. The van der Waals surface area contributed by atoms with Crippen molar-refractivity contribution in [1.29, 1.82) is 0 Å². The van der Waals surface area contributed by atoms with Crippen molar-refractivity contribution in [3.8, 4) is 0 Å². The summed E-state index contributed by atoms with van der Waals surface area (Å²) in [7, 11) is 0. The summed E-state index contributed by atoms with van der Waals surface area (Å²) in [6.45, 7) is 6.19. The Morgan fingerprint density at radius 2 is 0.675 bits per heavy atom. The molecule has 2 aromatic heterocycles. The molecule has 7 aromatic rings. The molecule has 2 heterocycles. The van der Waals surface area contributed by atoms with Gasteiger partial charge in [-0.2, -0.15) is 0 Å². The van der Waals surface area contributed by atoms with E-state index in [0.717, 1.165) is 56.7 Å². The number of fused-ring (bicyclic) bond motifs is 4. The van der Waals surface area contributed by atoms with Crippen LogP contribution in [0.2, 0.25) is 0 Å². The van der Waals surface area contributed by atoms with Crippen molar-refractivity contribution in [1.82, 2.24) is 9.13 Å². The highest BCUT2D eigenvalue weighted by atomic mass is 15.0. The van der Waals surface area contributed by atoms with Gasteiger partial charge in [0.15, 0.2) is 0 Å². The number of benzene rings is 5. The molecule has 0 atom stereocenters. The van der Waals surface area contributed by atoms with E-state index in [1.807, 2.05) is 0 Å². The Balaban J connectivity index is 1.42. The third-order valence-corrected chi connectivity index (χ3v) is 7.76. The van der Waals surface area contributed by atoms with Crippen molar-refractivity contribution < 1.29 is 0 Å². The van der Waals surface area contributed by atoms with Gasteiger partial charge in [-0.25, -0.2) is 9.98 Å². The van der Waals surface area contributed by atoms with Crippen molar-refractivity contribution in [3.63, 3.8) is 0 Å². The molecular formula is C36H30N4. The molecule has 0 saturated heterocycles. The van der Waals surface area contributed by atoms with Crippen LogP contribution in [0.3, 0.4) is 0 Å². The van der Waals surface area contributed by atoms with Gasteiger partial charge in [-0.1, -0.05) is 72.8 Å². The predicted octanol–water partition coefficient (Wildman–Crippen LogP) is 8.41. The zero-order chi connectivity index (χ0) is 27.1. The van der Waals surface area contributed by atoms with E-state index >= 15 is 0 Å². The van der Waals surface area contributed by atoms with Crippen molar-refractivity contribution in [2.24, 2.45) is 9.98 Å². The summed E-state index contributed by atoms with van der Waals surface area (Å²) in [6, 6.07) is 42.5. The van der Waals surface area contributed by atoms with Gasteiger partial charge in [-0.3, -0.25) is 0 Å². The molecule has 0 N–H and O–H groups in total. The van der Waals surface area contributed by atoms with Crippen LogP contribution in [0.4, 0.5) is 11.4 Å². The Bertz CT molecular complexity index is 1900. The SMILES string of the molecule is CCn1c2ccccc2c(=Nc2ccc(N=c3c4ccccc4n(CC)c4ccccc34)cc2)c2ccccc21. The molecule has 4 heteroatoms. The molecule has 5 aromatic carbocycles. The summed E-state index contributed by atoms with van der Waals surface area (Å²) in [5.74, 6) is 0. The van der Waals surface area contributed by atoms with E-state index < -0.39 is 0 Å². The van der Waals surface area contributed by atoms with Gasteiger partial charge < -0.3 is 9.13 Å². The van der Waals surface area contributed by atoms with Crippen LogP contribution < -0.4 is 10.7 Å². The van der Waals surface area contributed by atoms with Gasteiger partial charge in [0.2, 0.25) is 0 Å². The maximum Gasteiger partial charge on any atom is 0.0823 e. The normalized spacial score (nSPS) is 11.4. The molecule has 0 aliphatic heterocycles. The van der Waals surface area contributed by atoms with E-state index in [1.165, 1.54) is 22.1 Å². The molecule has 0 radical (unpaired) electrons. The highest BCUT2D eigenvalue weighted by Crippen LogP contribution is 2.24. The van der Waals surface area contributed by atoms with Crippen LogP contribution in [0.25, 0.3) is 43.6 Å². The molecule has 0 unspecified atom stereocenters. The molecule has 0 bridgehead atoms. The Morgan fingerprint density at radius 1 is 0.400 bits per heavy atom. The zero-order valence-corrected chi connectivity index (χ0v) is 22.8. The number of aryl methyl sites for hydroxylation is 2. The van der Waals surface area contributed by atoms with Crippen LogP contribution in [0.1, 0.15) is 13.8 Å². The topological polar surface area (TPSA) is 34.6 Å². The highest BCUT2D eigenvalue weighted by Gasteiger charge is 2.10. The van der Waals surface area contributed by atoms with Gasteiger partial charge in [-0.05, 0) is 62.4 Å². The fourth-order valence-electron chi connectivity index (χ4n) is 5.97.